The van der Waals surface area contributed by atoms with Gasteiger partial charge < -0.3 is 10.1 Å². The second kappa shape index (κ2) is 8.63. The topological polar surface area (TPSA) is 108 Å². The predicted octanol–water partition coefficient (Wildman–Crippen LogP) is 4.87. The number of anilines is 2. The van der Waals surface area contributed by atoms with Crippen LogP contribution >= 0.6 is 0 Å². The summed E-state index contributed by atoms with van der Waals surface area (Å²) in [7, 11) is 0. The molecule has 28 heavy (non-hydrogen) atoms. The van der Waals surface area contributed by atoms with Crippen molar-refractivity contribution in [2.75, 3.05) is 11.9 Å². The highest BCUT2D eigenvalue weighted by Crippen LogP contribution is 2.32. The van der Waals surface area contributed by atoms with Crippen LogP contribution in [0.25, 0.3) is 0 Å². The lowest BCUT2D eigenvalue weighted by atomic mass is 10.2. The Hall–Kier alpha value is -3.94. The molecule has 0 bridgehead atoms. The molecule has 0 radical (unpaired) electrons. The van der Waals surface area contributed by atoms with Crippen molar-refractivity contribution < 1.29 is 14.6 Å². The van der Waals surface area contributed by atoms with E-state index < -0.39 is 9.85 Å². The van der Waals surface area contributed by atoms with Crippen LogP contribution in [0.15, 0.2) is 72.8 Å². The third kappa shape index (κ3) is 4.82. The Kier molecular flexibility index (Phi) is 5.81. The zero-order chi connectivity index (χ0) is 19.9. The minimum atomic E-state index is -0.669. The van der Waals surface area contributed by atoms with Crippen molar-refractivity contribution in [3.63, 3.8) is 0 Å². The lowest BCUT2D eigenvalue weighted by Crippen LogP contribution is -2.02. The largest absolute Gasteiger partial charge is 0.493 e. The molecule has 0 unspecified atom stereocenters. The molecule has 0 amide bonds. The molecule has 8 nitrogen and oxygen atoms in total. The van der Waals surface area contributed by atoms with Crippen molar-refractivity contribution in [3.05, 3.63) is 98.6 Å². The fourth-order valence-corrected chi connectivity index (χ4v) is 2.64. The molecule has 0 aliphatic heterocycles. The maximum absolute atomic E-state index is 11.2. The van der Waals surface area contributed by atoms with Crippen LogP contribution in [0.4, 0.5) is 22.7 Å². The van der Waals surface area contributed by atoms with Crippen LogP contribution < -0.4 is 10.1 Å². The van der Waals surface area contributed by atoms with Crippen LogP contribution in [-0.4, -0.2) is 16.5 Å². The van der Waals surface area contributed by atoms with Gasteiger partial charge in [0.15, 0.2) is 0 Å². The van der Waals surface area contributed by atoms with Crippen molar-refractivity contribution in [3.8, 4) is 5.75 Å². The van der Waals surface area contributed by atoms with Gasteiger partial charge in [-0.15, -0.1) is 0 Å². The van der Waals surface area contributed by atoms with Crippen molar-refractivity contribution in [1.82, 2.24) is 0 Å². The summed E-state index contributed by atoms with van der Waals surface area (Å²) in [6.45, 7) is 0.491. The Bertz CT molecular complexity index is 992. The summed E-state index contributed by atoms with van der Waals surface area (Å²) in [6.07, 6.45) is 0.756. The van der Waals surface area contributed by atoms with E-state index in [1.54, 1.807) is 24.3 Å². The van der Waals surface area contributed by atoms with Gasteiger partial charge in [-0.05, 0) is 23.8 Å². The smallest absolute Gasteiger partial charge is 0.299 e. The van der Waals surface area contributed by atoms with Gasteiger partial charge in [0.05, 0.1) is 22.5 Å². The lowest BCUT2D eigenvalue weighted by Gasteiger charge is -2.10. The maximum atomic E-state index is 11.2. The van der Waals surface area contributed by atoms with Crippen LogP contribution in [0.2, 0.25) is 0 Å². The van der Waals surface area contributed by atoms with Gasteiger partial charge in [0, 0.05) is 24.2 Å². The number of ether oxygens (including phenoxy) is 1. The van der Waals surface area contributed by atoms with Crippen LogP contribution in [0, 0.1) is 20.2 Å². The Morgan fingerprint density at radius 2 is 1.64 bits per heavy atom. The molecule has 3 rings (SSSR count). The van der Waals surface area contributed by atoms with E-state index in [0.717, 1.165) is 12.5 Å². The molecule has 0 spiro atoms. The zero-order valence-electron chi connectivity index (χ0n) is 14.8. The van der Waals surface area contributed by atoms with E-state index in [1.807, 2.05) is 30.3 Å². The molecule has 3 aromatic carbocycles. The molecule has 0 aliphatic carbocycles. The molecule has 0 aliphatic rings. The Morgan fingerprint density at radius 1 is 0.857 bits per heavy atom. The Labute approximate surface area is 160 Å². The number of nitrogens with one attached hydrogen (secondary N) is 1. The summed E-state index contributed by atoms with van der Waals surface area (Å²) < 4.78 is 5.75. The third-order valence-corrected chi connectivity index (χ3v) is 4.00. The van der Waals surface area contributed by atoms with Gasteiger partial charge >= 0.3 is 0 Å². The van der Waals surface area contributed by atoms with Gasteiger partial charge in [0.2, 0.25) is 0 Å². The highest BCUT2D eigenvalue weighted by Gasteiger charge is 2.19. The highest BCUT2D eigenvalue weighted by molar-refractivity contribution is 5.72. The minimum Gasteiger partial charge on any atom is -0.493 e. The molecule has 0 fully saturated rings. The van der Waals surface area contributed by atoms with Crippen LogP contribution in [0.5, 0.6) is 5.75 Å². The number of nitrogens with zero attached hydrogens (tertiary/aromatic N) is 2. The number of rotatable bonds is 8. The Balaban J connectivity index is 1.70. The first-order valence-corrected chi connectivity index (χ1v) is 8.49. The van der Waals surface area contributed by atoms with Crippen LogP contribution in [0.3, 0.4) is 0 Å². The molecule has 1 N–H and O–H groups in total. The van der Waals surface area contributed by atoms with Crippen LogP contribution in [0.1, 0.15) is 5.56 Å². The molecule has 3 aromatic rings. The SMILES string of the molecule is O=[N+]([O-])c1ccc(Nc2cccc(OCCc3ccccc3)c2)c([N+](=O)[O-])c1. The summed E-state index contributed by atoms with van der Waals surface area (Å²) in [5, 5.41) is 25.0. The first kappa shape index (κ1) is 18.8. The van der Waals surface area contributed by atoms with E-state index in [9.17, 15) is 20.2 Å². The van der Waals surface area contributed by atoms with Crippen molar-refractivity contribution >= 4 is 22.7 Å². The molecule has 0 aromatic heterocycles. The van der Waals surface area contributed by atoms with E-state index >= 15 is 0 Å². The minimum absolute atomic E-state index is 0.164. The van der Waals surface area contributed by atoms with E-state index in [-0.39, 0.29) is 17.1 Å². The van der Waals surface area contributed by atoms with Crippen molar-refractivity contribution in [2.24, 2.45) is 0 Å². The normalized spacial score (nSPS) is 10.3. The lowest BCUT2D eigenvalue weighted by molar-refractivity contribution is -0.393. The fourth-order valence-electron chi connectivity index (χ4n) is 2.64. The summed E-state index contributed by atoms with van der Waals surface area (Å²) in [6, 6.07) is 20.4. The summed E-state index contributed by atoms with van der Waals surface area (Å²) in [5.74, 6) is 0.616. The number of nitro benzene ring substituents is 2. The first-order valence-electron chi connectivity index (χ1n) is 8.49. The second-order valence-electron chi connectivity index (χ2n) is 5.95. The van der Waals surface area contributed by atoms with Crippen LogP contribution in [-0.2, 0) is 6.42 Å². The molecule has 0 atom stereocenters. The average Bonchev–Trinajstić information content (AvgIpc) is 2.69. The average molecular weight is 379 g/mol. The molecule has 0 saturated heterocycles. The summed E-state index contributed by atoms with van der Waals surface area (Å²) in [5.41, 5.74) is 1.20. The summed E-state index contributed by atoms with van der Waals surface area (Å²) >= 11 is 0. The van der Waals surface area contributed by atoms with E-state index in [4.69, 9.17) is 4.74 Å². The summed E-state index contributed by atoms with van der Waals surface area (Å²) in [4.78, 5) is 20.8. The van der Waals surface area contributed by atoms with Gasteiger partial charge in [-0.3, -0.25) is 20.2 Å². The number of nitro groups is 2. The molecule has 8 heteroatoms. The molecule has 0 heterocycles. The Morgan fingerprint density at radius 3 is 2.36 bits per heavy atom. The van der Waals surface area contributed by atoms with Gasteiger partial charge in [0.1, 0.15) is 11.4 Å². The van der Waals surface area contributed by atoms with E-state index in [0.29, 0.717) is 18.0 Å². The second-order valence-corrected chi connectivity index (χ2v) is 5.95. The number of non-ortho nitro benzene ring substituents is 1. The zero-order valence-corrected chi connectivity index (χ0v) is 14.8. The fraction of sp³-hybridized carbons (Fsp3) is 0.100. The van der Waals surface area contributed by atoms with E-state index in [1.165, 1.54) is 17.7 Å². The number of hydrogen-bond donors (Lipinski definition) is 1. The predicted molar refractivity (Wildman–Crippen MR) is 105 cm³/mol. The molecule has 0 saturated carbocycles. The quantitative estimate of drug-likeness (QED) is 0.442. The van der Waals surface area contributed by atoms with Gasteiger partial charge in [0.25, 0.3) is 11.4 Å². The first-order chi connectivity index (χ1) is 13.5. The number of benzene rings is 3. The van der Waals surface area contributed by atoms with Crippen molar-refractivity contribution in [2.45, 2.75) is 6.42 Å². The molecular weight excluding hydrogens is 362 g/mol. The van der Waals surface area contributed by atoms with E-state index in [2.05, 4.69) is 5.32 Å². The number of hydrogen-bond acceptors (Lipinski definition) is 6. The molecule has 142 valence electrons. The van der Waals surface area contributed by atoms with Gasteiger partial charge in [-0.2, -0.15) is 0 Å². The highest BCUT2D eigenvalue weighted by atomic mass is 16.6. The monoisotopic (exact) mass is 379 g/mol. The maximum Gasteiger partial charge on any atom is 0.299 e. The van der Waals surface area contributed by atoms with Gasteiger partial charge in [-0.1, -0.05) is 36.4 Å². The third-order valence-electron chi connectivity index (χ3n) is 4.00. The standard InChI is InChI=1S/C20H17N3O5/c24-22(25)17-9-10-19(20(14-17)23(26)27)21-16-7-4-8-18(13-16)28-12-11-15-5-2-1-3-6-15/h1-10,13-14,21H,11-12H2. The van der Waals surface area contributed by atoms with Gasteiger partial charge in [-0.25, -0.2) is 0 Å². The van der Waals surface area contributed by atoms with Crippen molar-refractivity contribution in [1.29, 1.82) is 0 Å². The molecular formula is C20H17N3O5.